The van der Waals surface area contributed by atoms with Crippen LogP contribution in [0.3, 0.4) is 0 Å². The Morgan fingerprint density at radius 3 is 2.59 bits per heavy atom. The van der Waals surface area contributed by atoms with Crippen LogP contribution in [0.15, 0.2) is 24.4 Å². The van der Waals surface area contributed by atoms with E-state index in [1.807, 2.05) is 6.20 Å². The van der Waals surface area contributed by atoms with E-state index in [0.717, 1.165) is 56.8 Å². The van der Waals surface area contributed by atoms with Gasteiger partial charge in [-0.15, -0.1) is 0 Å². The predicted octanol–water partition coefficient (Wildman–Crippen LogP) is 5.41. The van der Waals surface area contributed by atoms with Crippen molar-refractivity contribution in [2.75, 3.05) is 0 Å². The molecule has 0 saturated heterocycles. The number of aryl methyl sites for hydroxylation is 1. The third-order valence-electron chi connectivity index (χ3n) is 5.64. The lowest BCUT2D eigenvalue weighted by molar-refractivity contribution is -0.137. The second kappa shape index (κ2) is 8.78. The Morgan fingerprint density at radius 2 is 1.97 bits per heavy atom. The normalized spacial score (nSPS) is 19.9. The van der Waals surface area contributed by atoms with Gasteiger partial charge in [0.1, 0.15) is 0 Å². The van der Waals surface area contributed by atoms with Gasteiger partial charge in [0.05, 0.1) is 22.3 Å². The second-order valence-electron chi connectivity index (χ2n) is 7.69. The van der Waals surface area contributed by atoms with Crippen LogP contribution in [-0.4, -0.2) is 21.7 Å². The minimum absolute atomic E-state index is 0.0188. The average Bonchev–Trinajstić information content (AvgIpc) is 3.02. The Morgan fingerprint density at radius 1 is 1.28 bits per heavy atom. The number of halogens is 4. The molecule has 4 nitrogen and oxygen atoms in total. The van der Waals surface area contributed by atoms with Crippen molar-refractivity contribution in [3.8, 4) is 0 Å². The number of benzene rings is 1. The quantitative estimate of drug-likeness (QED) is 0.693. The Labute approximate surface area is 173 Å². The molecule has 8 heteroatoms. The standard InChI is InChI=1S/C21H25ClF3N3O/c1-3-19-13(2)11-26-28(19)12-14-4-7-16(8-5-14)27-20(29)17-10-15(21(23,24)25)6-9-18(17)22/h6,9-11,14,16H,3-5,7-8,12H2,1-2H3,(H,27,29)/t14-,16-. The fourth-order valence-electron chi connectivity index (χ4n) is 4.00. The minimum Gasteiger partial charge on any atom is -0.349 e. The zero-order valence-corrected chi connectivity index (χ0v) is 17.3. The highest BCUT2D eigenvalue weighted by Crippen LogP contribution is 2.32. The number of carbonyl (C=O) groups excluding carboxylic acids is 1. The molecule has 1 aliphatic rings. The first kappa shape index (κ1) is 21.7. The van der Waals surface area contributed by atoms with E-state index < -0.39 is 17.6 Å². The number of rotatable bonds is 5. The molecule has 29 heavy (non-hydrogen) atoms. The average molecular weight is 428 g/mol. The molecule has 1 fully saturated rings. The molecule has 1 heterocycles. The van der Waals surface area contributed by atoms with Crippen LogP contribution in [0.5, 0.6) is 0 Å². The lowest BCUT2D eigenvalue weighted by Crippen LogP contribution is -2.38. The van der Waals surface area contributed by atoms with E-state index in [2.05, 4.69) is 28.9 Å². The van der Waals surface area contributed by atoms with Crippen molar-refractivity contribution in [3.05, 3.63) is 51.8 Å². The highest BCUT2D eigenvalue weighted by molar-refractivity contribution is 6.33. The van der Waals surface area contributed by atoms with E-state index in [4.69, 9.17) is 11.6 Å². The summed E-state index contributed by atoms with van der Waals surface area (Å²) in [6.07, 6.45) is 1.76. The van der Waals surface area contributed by atoms with Gasteiger partial charge >= 0.3 is 6.18 Å². The minimum atomic E-state index is -4.51. The molecule has 0 aliphatic heterocycles. The second-order valence-corrected chi connectivity index (χ2v) is 8.10. The fourth-order valence-corrected chi connectivity index (χ4v) is 4.20. The third kappa shape index (κ3) is 5.13. The first-order valence-electron chi connectivity index (χ1n) is 9.88. The van der Waals surface area contributed by atoms with E-state index in [0.29, 0.717) is 5.92 Å². The lowest BCUT2D eigenvalue weighted by atomic mass is 9.86. The van der Waals surface area contributed by atoms with Gasteiger partial charge in [0, 0.05) is 18.3 Å². The van der Waals surface area contributed by atoms with Crippen molar-refractivity contribution in [1.82, 2.24) is 15.1 Å². The number of nitrogens with one attached hydrogen (secondary N) is 1. The first-order valence-corrected chi connectivity index (χ1v) is 10.3. The number of aromatic nitrogens is 2. The molecule has 1 aromatic heterocycles. The summed E-state index contributed by atoms with van der Waals surface area (Å²) in [5.41, 5.74) is 1.44. The molecule has 0 radical (unpaired) electrons. The number of carbonyl (C=O) groups is 1. The molecule has 2 aromatic rings. The summed E-state index contributed by atoms with van der Waals surface area (Å²) < 4.78 is 40.8. The van der Waals surface area contributed by atoms with Gasteiger partial charge < -0.3 is 5.32 Å². The van der Waals surface area contributed by atoms with Crippen LogP contribution in [0, 0.1) is 12.8 Å². The van der Waals surface area contributed by atoms with Crippen molar-refractivity contribution < 1.29 is 18.0 Å². The molecule has 1 aliphatic carbocycles. The van der Waals surface area contributed by atoms with Crippen molar-refractivity contribution in [1.29, 1.82) is 0 Å². The van der Waals surface area contributed by atoms with Crippen LogP contribution in [0.2, 0.25) is 5.02 Å². The van der Waals surface area contributed by atoms with Gasteiger partial charge in [0.2, 0.25) is 0 Å². The summed E-state index contributed by atoms with van der Waals surface area (Å²) in [4.78, 5) is 12.5. The van der Waals surface area contributed by atoms with Crippen molar-refractivity contribution in [2.24, 2.45) is 5.92 Å². The van der Waals surface area contributed by atoms with E-state index in [9.17, 15) is 18.0 Å². The number of amides is 1. The highest BCUT2D eigenvalue weighted by atomic mass is 35.5. The number of alkyl halides is 3. The molecule has 0 bridgehead atoms. The van der Waals surface area contributed by atoms with Crippen LogP contribution < -0.4 is 5.32 Å². The number of nitrogens with zero attached hydrogens (tertiary/aromatic N) is 2. The molecule has 1 amide bonds. The van der Waals surface area contributed by atoms with Crippen LogP contribution >= 0.6 is 11.6 Å². The van der Waals surface area contributed by atoms with Crippen molar-refractivity contribution in [2.45, 2.75) is 64.7 Å². The largest absolute Gasteiger partial charge is 0.416 e. The molecule has 0 unspecified atom stereocenters. The Bertz CT molecular complexity index is 871. The summed E-state index contributed by atoms with van der Waals surface area (Å²) in [6.45, 7) is 5.04. The SMILES string of the molecule is CCc1c(C)cnn1C[C@H]1CC[C@H](NC(=O)c2cc(C(F)(F)F)ccc2Cl)CC1. The summed E-state index contributed by atoms with van der Waals surface area (Å²) in [5, 5.41) is 7.34. The molecule has 0 spiro atoms. The Hall–Kier alpha value is -2.02. The van der Waals surface area contributed by atoms with Crippen molar-refractivity contribution in [3.63, 3.8) is 0 Å². The van der Waals surface area contributed by atoms with Crippen LogP contribution in [0.1, 0.15) is 59.8 Å². The molecule has 158 valence electrons. The molecule has 0 atom stereocenters. The highest BCUT2D eigenvalue weighted by Gasteiger charge is 2.32. The lowest BCUT2D eigenvalue weighted by Gasteiger charge is -2.29. The molecule has 1 aromatic carbocycles. The predicted molar refractivity (Wildman–Crippen MR) is 106 cm³/mol. The van der Waals surface area contributed by atoms with E-state index >= 15 is 0 Å². The maximum absolute atomic E-state index is 12.9. The molecule has 1 N–H and O–H groups in total. The molecular formula is C21H25ClF3N3O. The molecular weight excluding hydrogens is 403 g/mol. The number of hydrogen-bond donors (Lipinski definition) is 1. The zero-order valence-electron chi connectivity index (χ0n) is 16.5. The summed E-state index contributed by atoms with van der Waals surface area (Å²) in [5.74, 6) is -0.0783. The van der Waals surface area contributed by atoms with E-state index in [1.54, 1.807) is 0 Å². The topological polar surface area (TPSA) is 46.9 Å². The van der Waals surface area contributed by atoms with Gasteiger partial charge in [0.25, 0.3) is 5.91 Å². The fraction of sp³-hybridized carbons (Fsp3) is 0.524. The Kier molecular flexibility index (Phi) is 6.56. The van der Waals surface area contributed by atoms with Gasteiger partial charge in [-0.25, -0.2) is 0 Å². The van der Waals surface area contributed by atoms with Gasteiger partial charge in [-0.1, -0.05) is 18.5 Å². The zero-order chi connectivity index (χ0) is 21.2. The molecule has 1 saturated carbocycles. The Balaban J connectivity index is 1.57. The van der Waals surface area contributed by atoms with Gasteiger partial charge in [-0.2, -0.15) is 18.3 Å². The monoisotopic (exact) mass is 427 g/mol. The first-order chi connectivity index (χ1) is 13.7. The van der Waals surface area contributed by atoms with Crippen LogP contribution in [0.25, 0.3) is 0 Å². The van der Waals surface area contributed by atoms with Gasteiger partial charge in [-0.05, 0) is 68.7 Å². The van der Waals surface area contributed by atoms with E-state index in [-0.39, 0.29) is 16.6 Å². The third-order valence-corrected chi connectivity index (χ3v) is 5.97. The number of hydrogen-bond acceptors (Lipinski definition) is 2. The van der Waals surface area contributed by atoms with Crippen molar-refractivity contribution >= 4 is 17.5 Å². The smallest absolute Gasteiger partial charge is 0.349 e. The van der Waals surface area contributed by atoms with Gasteiger partial charge in [0.15, 0.2) is 0 Å². The van der Waals surface area contributed by atoms with Crippen LogP contribution in [0.4, 0.5) is 13.2 Å². The maximum atomic E-state index is 12.9. The summed E-state index contributed by atoms with van der Waals surface area (Å²) >= 11 is 5.96. The van der Waals surface area contributed by atoms with Gasteiger partial charge in [-0.3, -0.25) is 9.48 Å². The van der Waals surface area contributed by atoms with Crippen LogP contribution in [-0.2, 0) is 19.1 Å². The summed E-state index contributed by atoms with van der Waals surface area (Å²) in [6, 6.07) is 2.75. The molecule has 3 rings (SSSR count). The van der Waals surface area contributed by atoms with E-state index in [1.165, 1.54) is 11.3 Å². The summed E-state index contributed by atoms with van der Waals surface area (Å²) in [7, 11) is 0. The maximum Gasteiger partial charge on any atom is 0.416 e.